The zero-order chi connectivity index (χ0) is 16.1. The predicted molar refractivity (Wildman–Crippen MR) is 83.9 cm³/mol. The molecule has 1 atom stereocenters. The number of ether oxygens (including phenoxy) is 2. The monoisotopic (exact) mass is 300 g/mol. The van der Waals surface area contributed by atoms with Crippen LogP contribution in [-0.2, 0) is 19.1 Å². The zero-order valence-corrected chi connectivity index (χ0v) is 14.2. The van der Waals surface area contributed by atoms with Gasteiger partial charge in [0.15, 0.2) is 0 Å². The predicted octanol–water partition coefficient (Wildman–Crippen LogP) is 4.12. The van der Waals surface area contributed by atoms with Crippen molar-refractivity contribution in [2.24, 2.45) is 11.8 Å². The molecule has 0 rings (SSSR count). The van der Waals surface area contributed by atoms with Crippen LogP contribution in [0.1, 0.15) is 72.6 Å². The lowest BCUT2D eigenvalue weighted by Gasteiger charge is -2.09. The first kappa shape index (κ1) is 19.9. The van der Waals surface area contributed by atoms with Crippen molar-refractivity contribution in [2.75, 3.05) is 13.2 Å². The summed E-state index contributed by atoms with van der Waals surface area (Å²) >= 11 is 0. The van der Waals surface area contributed by atoms with Gasteiger partial charge in [0.2, 0.25) is 0 Å². The topological polar surface area (TPSA) is 52.6 Å². The third-order valence-electron chi connectivity index (χ3n) is 3.53. The summed E-state index contributed by atoms with van der Waals surface area (Å²) in [6, 6.07) is 0. The van der Waals surface area contributed by atoms with Gasteiger partial charge >= 0.3 is 11.9 Å². The number of carbonyl (C=O) groups is 2. The molecule has 21 heavy (non-hydrogen) atoms. The summed E-state index contributed by atoms with van der Waals surface area (Å²) in [7, 11) is 0. The van der Waals surface area contributed by atoms with Crippen LogP contribution in [0.5, 0.6) is 0 Å². The molecule has 1 unspecified atom stereocenters. The molecule has 0 radical (unpaired) electrons. The highest BCUT2D eigenvalue weighted by Crippen LogP contribution is 2.10. The standard InChI is InChI=1S/C17H32O4/c1-5-15(4)9-11-17(19)21-13-7-6-12-20-16(18)10-8-14(2)3/h14-15H,5-13H2,1-4H3. The van der Waals surface area contributed by atoms with E-state index < -0.39 is 0 Å². The third kappa shape index (κ3) is 13.7. The first-order valence-electron chi connectivity index (χ1n) is 8.26. The zero-order valence-electron chi connectivity index (χ0n) is 14.2. The van der Waals surface area contributed by atoms with E-state index in [2.05, 4.69) is 27.7 Å². The molecule has 0 bridgehead atoms. The Kier molecular flexibility index (Phi) is 12.0. The van der Waals surface area contributed by atoms with Crippen LogP contribution in [0.4, 0.5) is 0 Å². The van der Waals surface area contributed by atoms with E-state index in [1.807, 2.05) is 0 Å². The first-order valence-corrected chi connectivity index (χ1v) is 8.26. The van der Waals surface area contributed by atoms with Gasteiger partial charge in [-0.1, -0.05) is 34.1 Å². The minimum absolute atomic E-state index is 0.121. The summed E-state index contributed by atoms with van der Waals surface area (Å²) in [5, 5.41) is 0. The molecule has 0 saturated heterocycles. The van der Waals surface area contributed by atoms with E-state index in [0.29, 0.717) is 37.9 Å². The number of hydrogen-bond acceptors (Lipinski definition) is 4. The minimum atomic E-state index is -0.130. The molecular formula is C17H32O4. The highest BCUT2D eigenvalue weighted by Gasteiger charge is 2.07. The molecule has 0 aliphatic rings. The number of unbranched alkanes of at least 4 members (excludes halogenated alkanes) is 1. The van der Waals surface area contributed by atoms with Gasteiger partial charge in [-0.15, -0.1) is 0 Å². The smallest absolute Gasteiger partial charge is 0.305 e. The van der Waals surface area contributed by atoms with E-state index in [4.69, 9.17) is 9.47 Å². The summed E-state index contributed by atoms with van der Waals surface area (Å²) in [5.74, 6) is 0.841. The van der Waals surface area contributed by atoms with Crippen LogP contribution < -0.4 is 0 Å². The van der Waals surface area contributed by atoms with Crippen molar-refractivity contribution in [1.29, 1.82) is 0 Å². The minimum Gasteiger partial charge on any atom is -0.466 e. The number of carbonyl (C=O) groups excluding carboxylic acids is 2. The molecule has 124 valence electrons. The molecular weight excluding hydrogens is 268 g/mol. The van der Waals surface area contributed by atoms with E-state index in [-0.39, 0.29) is 11.9 Å². The van der Waals surface area contributed by atoms with Crippen LogP contribution in [0.25, 0.3) is 0 Å². The van der Waals surface area contributed by atoms with Crippen molar-refractivity contribution in [1.82, 2.24) is 0 Å². The molecule has 4 nitrogen and oxygen atoms in total. The maximum Gasteiger partial charge on any atom is 0.305 e. The summed E-state index contributed by atoms with van der Waals surface area (Å²) in [5.41, 5.74) is 0. The number of hydrogen-bond donors (Lipinski definition) is 0. The summed E-state index contributed by atoms with van der Waals surface area (Å²) in [6.45, 7) is 9.27. The average molecular weight is 300 g/mol. The van der Waals surface area contributed by atoms with Gasteiger partial charge in [0, 0.05) is 12.8 Å². The van der Waals surface area contributed by atoms with Gasteiger partial charge in [-0.05, 0) is 37.5 Å². The Morgan fingerprint density at radius 1 is 0.857 bits per heavy atom. The van der Waals surface area contributed by atoms with Gasteiger partial charge in [-0.25, -0.2) is 0 Å². The number of esters is 2. The molecule has 0 amide bonds. The van der Waals surface area contributed by atoms with Gasteiger partial charge in [-0.2, -0.15) is 0 Å². The summed E-state index contributed by atoms with van der Waals surface area (Å²) < 4.78 is 10.3. The Bertz CT molecular complexity index is 287. The highest BCUT2D eigenvalue weighted by molar-refractivity contribution is 5.69. The van der Waals surface area contributed by atoms with E-state index in [0.717, 1.165) is 32.1 Å². The van der Waals surface area contributed by atoms with Gasteiger partial charge < -0.3 is 9.47 Å². The lowest BCUT2D eigenvalue weighted by atomic mass is 10.0. The van der Waals surface area contributed by atoms with E-state index in [1.165, 1.54) is 0 Å². The van der Waals surface area contributed by atoms with Crippen molar-refractivity contribution in [3.05, 3.63) is 0 Å². The molecule has 0 aliphatic carbocycles. The Morgan fingerprint density at radius 2 is 1.33 bits per heavy atom. The second-order valence-corrected chi connectivity index (χ2v) is 6.13. The first-order chi connectivity index (χ1) is 9.95. The Balaban J connectivity index is 3.39. The Labute approximate surface area is 129 Å². The van der Waals surface area contributed by atoms with Crippen molar-refractivity contribution in [3.8, 4) is 0 Å². The Morgan fingerprint density at radius 3 is 1.76 bits per heavy atom. The molecule has 0 aromatic rings. The quantitative estimate of drug-likeness (QED) is 0.402. The molecule has 0 aromatic heterocycles. The van der Waals surface area contributed by atoms with Crippen molar-refractivity contribution < 1.29 is 19.1 Å². The molecule has 4 heteroatoms. The molecule has 0 N–H and O–H groups in total. The largest absolute Gasteiger partial charge is 0.466 e. The molecule has 0 heterocycles. The second kappa shape index (κ2) is 12.7. The van der Waals surface area contributed by atoms with E-state index in [9.17, 15) is 9.59 Å². The third-order valence-corrected chi connectivity index (χ3v) is 3.53. The van der Waals surface area contributed by atoms with Gasteiger partial charge in [0.1, 0.15) is 0 Å². The maximum absolute atomic E-state index is 11.4. The van der Waals surface area contributed by atoms with Crippen LogP contribution in [0.3, 0.4) is 0 Å². The fourth-order valence-corrected chi connectivity index (χ4v) is 1.70. The van der Waals surface area contributed by atoms with Crippen molar-refractivity contribution >= 4 is 11.9 Å². The molecule has 0 saturated carbocycles. The van der Waals surface area contributed by atoms with Crippen molar-refractivity contribution in [2.45, 2.75) is 72.6 Å². The Hall–Kier alpha value is -1.06. The van der Waals surface area contributed by atoms with E-state index >= 15 is 0 Å². The molecule has 0 aromatic carbocycles. The fourth-order valence-electron chi connectivity index (χ4n) is 1.70. The molecule has 0 aliphatic heterocycles. The van der Waals surface area contributed by atoms with Crippen LogP contribution in [0.2, 0.25) is 0 Å². The van der Waals surface area contributed by atoms with Crippen LogP contribution >= 0.6 is 0 Å². The fraction of sp³-hybridized carbons (Fsp3) is 0.882. The van der Waals surface area contributed by atoms with Gasteiger partial charge in [0.25, 0.3) is 0 Å². The molecule has 0 spiro atoms. The highest BCUT2D eigenvalue weighted by atomic mass is 16.5. The lowest BCUT2D eigenvalue weighted by Crippen LogP contribution is -2.10. The maximum atomic E-state index is 11.4. The van der Waals surface area contributed by atoms with Gasteiger partial charge in [0.05, 0.1) is 13.2 Å². The van der Waals surface area contributed by atoms with Crippen LogP contribution in [0.15, 0.2) is 0 Å². The summed E-state index contributed by atoms with van der Waals surface area (Å²) in [4.78, 5) is 22.8. The van der Waals surface area contributed by atoms with Crippen LogP contribution in [0, 0.1) is 11.8 Å². The number of rotatable bonds is 12. The van der Waals surface area contributed by atoms with E-state index in [1.54, 1.807) is 0 Å². The second-order valence-electron chi connectivity index (χ2n) is 6.13. The lowest BCUT2D eigenvalue weighted by molar-refractivity contribution is -0.146. The van der Waals surface area contributed by atoms with Crippen LogP contribution in [-0.4, -0.2) is 25.2 Å². The average Bonchev–Trinajstić information content (AvgIpc) is 2.45. The molecule has 0 fully saturated rings. The van der Waals surface area contributed by atoms with Crippen molar-refractivity contribution in [3.63, 3.8) is 0 Å². The SMILES string of the molecule is CCC(C)CCC(=O)OCCCCOC(=O)CCC(C)C. The normalized spacial score (nSPS) is 12.2. The summed E-state index contributed by atoms with van der Waals surface area (Å²) in [6.07, 6.45) is 5.32. The van der Waals surface area contributed by atoms with Gasteiger partial charge in [-0.3, -0.25) is 9.59 Å².